The molecule has 9 nitrogen and oxygen atoms in total. The molecule has 52 heavy (non-hydrogen) atoms. The molecule has 3 aromatic carbocycles. The molecule has 2 amide bonds. The molecule has 0 unspecified atom stereocenters. The molecule has 264 valence electrons. The average molecular weight is 712 g/mol. The van der Waals surface area contributed by atoms with E-state index in [2.05, 4.69) is 10.3 Å². The largest absolute Gasteiger partial charge is 0.476 e. The SMILES string of the molecule is Cc1c(C(=O)N(C)C2C3CC4CC(C3)CC2C4)cccc1-c1ccc(N2CCc3cccc(C(=O)Nc4nc5ccccc5s4)c3C2)nc1C(=O)O. The van der Waals surface area contributed by atoms with Gasteiger partial charge in [-0.2, -0.15) is 0 Å². The summed E-state index contributed by atoms with van der Waals surface area (Å²) in [5.41, 5.74) is 5.85. The number of para-hydroxylation sites is 1. The zero-order valence-corrected chi connectivity index (χ0v) is 30.2. The molecule has 2 N–H and O–H groups in total. The molecule has 4 bridgehead atoms. The van der Waals surface area contributed by atoms with Gasteiger partial charge in [0.05, 0.1) is 10.2 Å². The van der Waals surface area contributed by atoms with Crippen molar-refractivity contribution in [1.29, 1.82) is 0 Å². The highest BCUT2D eigenvalue weighted by molar-refractivity contribution is 7.22. The molecule has 4 saturated carbocycles. The fourth-order valence-corrected chi connectivity index (χ4v) is 11.0. The summed E-state index contributed by atoms with van der Waals surface area (Å²) in [4.78, 5) is 53.8. The predicted octanol–water partition coefficient (Wildman–Crippen LogP) is 8.08. The van der Waals surface area contributed by atoms with E-state index in [0.717, 1.165) is 38.7 Å². The number of nitrogens with one attached hydrogen (secondary N) is 1. The average Bonchev–Trinajstić information content (AvgIpc) is 3.56. The lowest BCUT2D eigenvalue weighted by Gasteiger charge is -2.56. The monoisotopic (exact) mass is 711 g/mol. The summed E-state index contributed by atoms with van der Waals surface area (Å²) in [5, 5.41) is 14.0. The second kappa shape index (κ2) is 12.8. The predicted molar refractivity (Wildman–Crippen MR) is 203 cm³/mol. The minimum Gasteiger partial charge on any atom is -0.476 e. The second-order valence-corrected chi connectivity index (χ2v) is 16.3. The topological polar surface area (TPSA) is 116 Å². The maximum Gasteiger partial charge on any atom is 0.355 e. The van der Waals surface area contributed by atoms with Crippen LogP contribution in [0, 0.1) is 30.6 Å². The van der Waals surface area contributed by atoms with Crippen LogP contribution in [0.1, 0.15) is 80.0 Å². The fourth-order valence-electron chi connectivity index (χ4n) is 10.1. The summed E-state index contributed by atoms with van der Waals surface area (Å²) in [6, 6.07) is 23.1. The van der Waals surface area contributed by atoms with Gasteiger partial charge in [0.1, 0.15) is 5.82 Å². The first-order valence-electron chi connectivity index (χ1n) is 18.4. The van der Waals surface area contributed by atoms with Crippen LogP contribution in [0.5, 0.6) is 0 Å². The van der Waals surface area contributed by atoms with Gasteiger partial charge >= 0.3 is 5.97 Å². The summed E-state index contributed by atoms with van der Waals surface area (Å²) in [7, 11) is 1.97. The Morgan fingerprint density at radius 3 is 2.33 bits per heavy atom. The molecule has 0 spiro atoms. The van der Waals surface area contributed by atoms with E-state index in [1.54, 1.807) is 0 Å². The van der Waals surface area contributed by atoms with E-state index in [0.29, 0.717) is 64.5 Å². The van der Waals surface area contributed by atoms with Gasteiger partial charge in [0.15, 0.2) is 10.8 Å². The Kier molecular flexibility index (Phi) is 8.10. The van der Waals surface area contributed by atoms with Crippen molar-refractivity contribution in [3.05, 3.63) is 106 Å². The highest BCUT2D eigenvalue weighted by Gasteiger charge is 2.50. The number of amides is 2. The molecule has 1 aliphatic heterocycles. The van der Waals surface area contributed by atoms with Crippen LogP contribution >= 0.6 is 11.3 Å². The van der Waals surface area contributed by atoms with E-state index in [4.69, 9.17) is 4.98 Å². The Labute approximate surface area is 306 Å². The van der Waals surface area contributed by atoms with E-state index in [9.17, 15) is 19.5 Å². The normalized spacial score (nSPS) is 23.0. The third-order valence-corrected chi connectivity index (χ3v) is 13.2. The number of benzene rings is 3. The number of thiazole rings is 1. The number of anilines is 2. The summed E-state index contributed by atoms with van der Waals surface area (Å²) in [6.07, 6.45) is 6.98. The summed E-state index contributed by atoms with van der Waals surface area (Å²) in [5.74, 6) is 1.98. The maximum atomic E-state index is 14.1. The number of hydrogen-bond donors (Lipinski definition) is 2. The lowest BCUT2D eigenvalue weighted by atomic mass is 9.54. The van der Waals surface area contributed by atoms with Crippen LogP contribution in [0.4, 0.5) is 10.9 Å². The van der Waals surface area contributed by atoms with Crippen molar-refractivity contribution in [1.82, 2.24) is 14.9 Å². The van der Waals surface area contributed by atoms with Crippen LogP contribution in [0.2, 0.25) is 0 Å². The first kappa shape index (κ1) is 32.8. The molecule has 4 aliphatic carbocycles. The smallest absolute Gasteiger partial charge is 0.355 e. The number of pyridine rings is 1. The Bertz CT molecular complexity index is 2200. The van der Waals surface area contributed by atoms with Gasteiger partial charge in [-0.25, -0.2) is 14.8 Å². The van der Waals surface area contributed by atoms with Gasteiger partial charge in [-0.15, -0.1) is 0 Å². The van der Waals surface area contributed by atoms with Crippen molar-refractivity contribution >= 4 is 50.3 Å². The van der Waals surface area contributed by atoms with Crippen LogP contribution in [0.3, 0.4) is 0 Å². The van der Waals surface area contributed by atoms with E-state index in [-0.39, 0.29) is 23.6 Å². The Morgan fingerprint density at radius 1 is 0.846 bits per heavy atom. The van der Waals surface area contributed by atoms with Crippen LogP contribution in [0.15, 0.2) is 72.8 Å². The molecule has 0 radical (unpaired) electrons. The first-order valence-corrected chi connectivity index (χ1v) is 19.2. The Morgan fingerprint density at radius 2 is 1.58 bits per heavy atom. The van der Waals surface area contributed by atoms with E-state index < -0.39 is 5.97 Å². The molecule has 0 atom stereocenters. The highest BCUT2D eigenvalue weighted by Crippen LogP contribution is 2.55. The lowest BCUT2D eigenvalue weighted by Crippen LogP contribution is -2.56. The first-order chi connectivity index (χ1) is 25.2. The molecule has 2 aromatic heterocycles. The minimum absolute atomic E-state index is 0.00763. The molecule has 10 heteroatoms. The second-order valence-electron chi connectivity index (χ2n) is 15.2. The maximum absolute atomic E-state index is 14.1. The summed E-state index contributed by atoms with van der Waals surface area (Å²) < 4.78 is 1.00. The lowest BCUT2D eigenvalue weighted by molar-refractivity contribution is -0.0491. The zero-order chi connectivity index (χ0) is 35.7. The number of aromatic carboxylic acids is 1. The molecule has 3 heterocycles. The van der Waals surface area contributed by atoms with Crippen LogP contribution in [0.25, 0.3) is 21.3 Å². The van der Waals surface area contributed by atoms with Crippen molar-refractivity contribution in [3.63, 3.8) is 0 Å². The molecular weight excluding hydrogens is 671 g/mol. The zero-order valence-electron chi connectivity index (χ0n) is 29.3. The van der Waals surface area contributed by atoms with Crippen LogP contribution < -0.4 is 10.2 Å². The van der Waals surface area contributed by atoms with E-state index in [1.807, 2.05) is 96.6 Å². The Hall–Kier alpha value is -5.09. The Balaban J connectivity index is 0.974. The summed E-state index contributed by atoms with van der Waals surface area (Å²) >= 11 is 1.43. The van der Waals surface area contributed by atoms with Gasteiger partial charge in [-0.1, -0.05) is 47.7 Å². The van der Waals surface area contributed by atoms with Gasteiger partial charge in [0.25, 0.3) is 11.8 Å². The van der Waals surface area contributed by atoms with Crippen molar-refractivity contribution in [3.8, 4) is 11.1 Å². The van der Waals surface area contributed by atoms with Gasteiger partial charge in [-0.3, -0.25) is 14.9 Å². The number of carboxylic acid groups (broad SMARTS) is 1. The summed E-state index contributed by atoms with van der Waals surface area (Å²) in [6.45, 7) is 2.95. The van der Waals surface area contributed by atoms with Crippen LogP contribution in [-0.4, -0.2) is 57.4 Å². The van der Waals surface area contributed by atoms with Crippen molar-refractivity contribution in [2.24, 2.45) is 23.7 Å². The molecule has 0 saturated heterocycles. The van der Waals surface area contributed by atoms with Gasteiger partial charge < -0.3 is 14.9 Å². The van der Waals surface area contributed by atoms with Gasteiger partial charge in [0, 0.05) is 42.9 Å². The number of rotatable bonds is 7. The molecule has 5 aliphatic rings. The van der Waals surface area contributed by atoms with Crippen molar-refractivity contribution in [2.45, 2.75) is 58.0 Å². The number of fused-ring (bicyclic) bond motifs is 2. The molecular formula is C42H41N5O4S. The van der Waals surface area contributed by atoms with Gasteiger partial charge in [-0.05, 0) is 128 Å². The fraction of sp³-hybridized carbons (Fsp3) is 0.357. The number of nitrogens with zero attached hydrogens (tertiary/aromatic N) is 4. The number of carboxylic acids is 1. The number of aromatic nitrogens is 2. The minimum atomic E-state index is -1.13. The highest BCUT2D eigenvalue weighted by atomic mass is 32.1. The number of carbonyl (C=O) groups is 3. The number of hydrogen-bond acceptors (Lipinski definition) is 7. The van der Waals surface area contributed by atoms with E-state index >= 15 is 0 Å². The van der Waals surface area contributed by atoms with Crippen molar-refractivity contribution in [2.75, 3.05) is 23.8 Å². The molecule has 5 aromatic rings. The molecule has 10 rings (SSSR count). The van der Waals surface area contributed by atoms with Gasteiger partial charge in [0.2, 0.25) is 0 Å². The van der Waals surface area contributed by atoms with E-state index in [1.165, 1.54) is 43.4 Å². The molecule has 4 fully saturated rings. The van der Waals surface area contributed by atoms with Crippen LogP contribution in [-0.2, 0) is 13.0 Å². The third-order valence-electron chi connectivity index (χ3n) is 12.2. The quantitative estimate of drug-likeness (QED) is 0.175. The standard InChI is InChI=1S/C42H41N5O4S/c1-23-29(8-6-9-30(23)40(49)46(2)38-27-18-24-17-25(20-27)21-28(38)19-24)31-13-14-36(44-37(31)41(50)51)47-16-15-26-7-5-10-32(33(26)22-47)39(48)45-42-43-34-11-3-4-12-35(34)52-42/h3-14,24-25,27-28,38H,15-22H2,1-2H3,(H,50,51)(H,43,45,48). The third kappa shape index (κ3) is 5.64. The number of carbonyl (C=O) groups excluding carboxylic acids is 2. The van der Waals surface area contributed by atoms with Crippen molar-refractivity contribution < 1.29 is 19.5 Å².